The SMILES string of the molecule is CCOc1cc(C=Nn2c(CC)nc3ccc(Br)cc3c2=O)c(Br)cc1OCc1ccccc1Cl. The summed E-state index contributed by atoms with van der Waals surface area (Å²) in [6, 6.07) is 16.6. The lowest BCUT2D eigenvalue weighted by Gasteiger charge is -2.14. The maximum Gasteiger partial charge on any atom is 0.282 e. The number of halogens is 3. The average Bonchev–Trinajstić information content (AvgIpc) is 2.85. The quantitative estimate of drug-likeness (QED) is 0.199. The van der Waals surface area contributed by atoms with E-state index in [4.69, 9.17) is 21.1 Å². The Labute approximate surface area is 224 Å². The first-order chi connectivity index (χ1) is 16.9. The second-order valence-corrected chi connectivity index (χ2v) is 9.72. The number of hydrogen-bond donors (Lipinski definition) is 0. The highest BCUT2D eigenvalue weighted by molar-refractivity contribution is 9.10. The van der Waals surface area contributed by atoms with E-state index in [1.165, 1.54) is 4.68 Å². The molecule has 3 aromatic carbocycles. The molecule has 0 saturated heterocycles. The molecule has 0 aliphatic heterocycles. The topological polar surface area (TPSA) is 65.7 Å². The van der Waals surface area contributed by atoms with E-state index in [1.807, 2.05) is 62.4 Å². The van der Waals surface area contributed by atoms with Crippen molar-refractivity contribution in [3.8, 4) is 11.5 Å². The summed E-state index contributed by atoms with van der Waals surface area (Å²) in [7, 11) is 0. The van der Waals surface area contributed by atoms with E-state index in [9.17, 15) is 4.79 Å². The summed E-state index contributed by atoms with van der Waals surface area (Å²) in [4.78, 5) is 17.8. The van der Waals surface area contributed by atoms with Crippen LogP contribution in [0.5, 0.6) is 11.5 Å². The van der Waals surface area contributed by atoms with Crippen LogP contribution in [-0.4, -0.2) is 22.5 Å². The van der Waals surface area contributed by atoms with Crippen LogP contribution < -0.4 is 15.0 Å². The molecule has 1 heterocycles. The number of hydrogen-bond acceptors (Lipinski definition) is 5. The van der Waals surface area contributed by atoms with Crippen LogP contribution in [-0.2, 0) is 13.0 Å². The van der Waals surface area contributed by atoms with E-state index in [0.717, 1.165) is 20.1 Å². The van der Waals surface area contributed by atoms with Crippen LogP contribution in [0.2, 0.25) is 5.02 Å². The van der Waals surface area contributed by atoms with Crippen LogP contribution in [0.3, 0.4) is 0 Å². The Balaban J connectivity index is 1.69. The van der Waals surface area contributed by atoms with Crippen molar-refractivity contribution >= 4 is 60.6 Å². The first-order valence-corrected chi connectivity index (χ1v) is 13.0. The fourth-order valence-corrected chi connectivity index (χ4v) is 4.44. The van der Waals surface area contributed by atoms with Gasteiger partial charge >= 0.3 is 0 Å². The van der Waals surface area contributed by atoms with Gasteiger partial charge in [-0.25, -0.2) is 4.98 Å². The van der Waals surface area contributed by atoms with Gasteiger partial charge in [0.2, 0.25) is 0 Å². The van der Waals surface area contributed by atoms with Crippen molar-refractivity contribution in [2.75, 3.05) is 6.61 Å². The molecule has 0 amide bonds. The molecular weight excluding hydrogens is 598 g/mol. The van der Waals surface area contributed by atoms with Gasteiger partial charge in [0.1, 0.15) is 12.4 Å². The molecular formula is C26H22Br2ClN3O3. The molecule has 0 N–H and O–H groups in total. The lowest BCUT2D eigenvalue weighted by Crippen LogP contribution is -2.22. The number of nitrogens with zero attached hydrogens (tertiary/aromatic N) is 3. The zero-order valence-electron chi connectivity index (χ0n) is 19.1. The lowest BCUT2D eigenvalue weighted by atomic mass is 10.2. The third-order valence-corrected chi connectivity index (χ3v) is 6.76. The molecule has 0 aliphatic rings. The Bertz CT molecular complexity index is 1470. The molecule has 0 bridgehead atoms. The normalized spacial score (nSPS) is 11.3. The van der Waals surface area contributed by atoms with Crippen molar-refractivity contribution in [3.05, 3.63) is 95.9 Å². The number of aryl methyl sites for hydroxylation is 1. The molecule has 0 radical (unpaired) electrons. The van der Waals surface area contributed by atoms with Crippen LogP contribution in [0.15, 0.2) is 73.4 Å². The number of rotatable bonds is 8. The summed E-state index contributed by atoms with van der Waals surface area (Å²) in [5.41, 5.74) is 2.01. The minimum absolute atomic E-state index is 0.231. The van der Waals surface area contributed by atoms with Crippen LogP contribution in [0.1, 0.15) is 30.8 Å². The molecule has 0 unspecified atom stereocenters. The molecule has 0 fully saturated rings. The number of benzene rings is 3. The summed E-state index contributed by atoms with van der Waals surface area (Å²) >= 11 is 13.3. The van der Waals surface area contributed by atoms with E-state index in [1.54, 1.807) is 12.3 Å². The number of ether oxygens (including phenoxy) is 2. The Morgan fingerprint density at radius 1 is 1.06 bits per heavy atom. The van der Waals surface area contributed by atoms with Gasteiger partial charge in [0, 0.05) is 31.5 Å². The Hall–Kier alpha value is -2.68. The second kappa shape index (κ2) is 11.4. The molecule has 1 aromatic heterocycles. The van der Waals surface area contributed by atoms with Crippen molar-refractivity contribution < 1.29 is 9.47 Å². The molecule has 0 aliphatic carbocycles. The zero-order chi connectivity index (χ0) is 24.9. The fourth-order valence-electron chi connectivity index (χ4n) is 3.46. The molecule has 6 nitrogen and oxygen atoms in total. The predicted octanol–water partition coefficient (Wildman–Crippen LogP) is 7.00. The van der Waals surface area contributed by atoms with Gasteiger partial charge in [-0.3, -0.25) is 4.79 Å². The van der Waals surface area contributed by atoms with Crippen molar-refractivity contribution in [1.82, 2.24) is 9.66 Å². The summed E-state index contributed by atoms with van der Waals surface area (Å²) in [6.45, 7) is 4.60. The van der Waals surface area contributed by atoms with Crippen LogP contribution in [0.25, 0.3) is 10.9 Å². The molecule has 9 heteroatoms. The van der Waals surface area contributed by atoms with Crippen molar-refractivity contribution in [1.29, 1.82) is 0 Å². The third kappa shape index (κ3) is 5.77. The summed E-state index contributed by atoms with van der Waals surface area (Å²) < 4.78 is 14.7. The van der Waals surface area contributed by atoms with E-state index in [2.05, 4.69) is 41.9 Å². The highest BCUT2D eigenvalue weighted by Gasteiger charge is 2.13. The van der Waals surface area contributed by atoms with Crippen LogP contribution >= 0.6 is 43.5 Å². The van der Waals surface area contributed by atoms with Gasteiger partial charge < -0.3 is 9.47 Å². The minimum atomic E-state index is -0.231. The van der Waals surface area contributed by atoms with Gasteiger partial charge in [-0.15, -0.1) is 0 Å². The van der Waals surface area contributed by atoms with Crippen molar-refractivity contribution in [2.24, 2.45) is 5.10 Å². The van der Waals surface area contributed by atoms with E-state index < -0.39 is 0 Å². The molecule has 4 aromatic rings. The summed E-state index contributed by atoms with van der Waals surface area (Å²) in [5, 5.41) is 5.61. The van der Waals surface area contributed by atoms with Crippen molar-refractivity contribution in [2.45, 2.75) is 26.9 Å². The first-order valence-electron chi connectivity index (χ1n) is 11.0. The largest absolute Gasteiger partial charge is 0.490 e. The van der Waals surface area contributed by atoms with Gasteiger partial charge in [0.25, 0.3) is 5.56 Å². The molecule has 0 atom stereocenters. The van der Waals surface area contributed by atoms with Gasteiger partial charge in [0.15, 0.2) is 11.5 Å². The van der Waals surface area contributed by atoms with Crippen LogP contribution in [0.4, 0.5) is 0 Å². The third-order valence-electron chi connectivity index (χ3n) is 5.21. The minimum Gasteiger partial charge on any atom is -0.490 e. The van der Waals surface area contributed by atoms with Crippen LogP contribution in [0, 0.1) is 0 Å². The highest BCUT2D eigenvalue weighted by atomic mass is 79.9. The average molecular weight is 620 g/mol. The van der Waals surface area contributed by atoms with E-state index >= 15 is 0 Å². The maximum absolute atomic E-state index is 13.2. The lowest BCUT2D eigenvalue weighted by molar-refractivity contribution is 0.269. The predicted molar refractivity (Wildman–Crippen MR) is 147 cm³/mol. The smallest absolute Gasteiger partial charge is 0.282 e. The fraction of sp³-hybridized carbons (Fsp3) is 0.192. The number of fused-ring (bicyclic) bond motifs is 1. The first kappa shape index (κ1) is 25.4. The standard InChI is InChI=1S/C26H22Br2ClN3O3/c1-3-25-31-22-10-9-18(27)12-19(22)26(33)32(25)30-14-17-11-23(34-4-2)24(13-20(17)28)35-15-16-7-5-6-8-21(16)29/h5-14H,3-4,15H2,1-2H3. The van der Waals surface area contributed by atoms with E-state index in [0.29, 0.717) is 52.9 Å². The van der Waals surface area contributed by atoms with E-state index in [-0.39, 0.29) is 5.56 Å². The summed E-state index contributed by atoms with van der Waals surface area (Å²) in [5.74, 6) is 1.70. The molecule has 0 saturated carbocycles. The molecule has 0 spiro atoms. The monoisotopic (exact) mass is 617 g/mol. The molecule has 180 valence electrons. The second-order valence-electron chi connectivity index (χ2n) is 7.54. The highest BCUT2D eigenvalue weighted by Crippen LogP contribution is 2.34. The van der Waals surface area contributed by atoms with Gasteiger partial charge in [-0.05, 0) is 59.3 Å². The zero-order valence-corrected chi connectivity index (χ0v) is 23.0. The van der Waals surface area contributed by atoms with Gasteiger partial charge in [-0.2, -0.15) is 9.78 Å². The molecule has 4 rings (SSSR count). The summed E-state index contributed by atoms with van der Waals surface area (Å²) in [6.07, 6.45) is 2.16. The number of aromatic nitrogens is 2. The van der Waals surface area contributed by atoms with Crippen molar-refractivity contribution in [3.63, 3.8) is 0 Å². The Morgan fingerprint density at radius 2 is 1.83 bits per heavy atom. The van der Waals surface area contributed by atoms with Gasteiger partial charge in [-0.1, -0.05) is 52.7 Å². The Morgan fingerprint density at radius 3 is 2.57 bits per heavy atom. The molecule has 35 heavy (non-hydrogen) atoms. The Kier molecular flexibility index (Phi) is 8.26. The maximum atomic E-state index is 13.2. The van der Waals surface area contributed by atoms with Gasteiger partial charge in [0.05, 0.1) is 23.7 Å².